The number of nitrogens with zero attached hydrogens (tertiary/aromatic N) is 3. The fraction of sp³-hybridized carbons (Fsp3) is 0.500. The maximum atomic E-state index is 13.9. The van der Waals surface area contributed by atoms with Gasteiger partial charge >= 0.3 is 5.69 Å². The van der Waals surface area contributed by atoms with Gasteiger partial charge in [-0.1, -0.05) is 24.6 Å². The van der Waals surface area contributed by atoms with Crippen LogP contribution in [-0.4, -0.2) is 38.8 Å². The van der Waals surface area contributed by atoms with Crippen LogP contribution in [-0.2, 0) is 13.6 Å². The van der Waals surface area contributed by atoms with E-state index in [1.54, 1.807) is 13.1 Å². The lowest BCUT2D eigenvalue weighted by atomic mass is 10.00. The predicted molar refractivity (Wildman–Crippen MR) is 90.5 cm³/mol. The number of H-pyrrole nitrogens is 1. The van der Waals surface area contributed by atoms with E-state index in [0.717, 1.165) is 25.1 Å². The van der Waals surface area contributed by atoms with E-state index in [4.69, 9.17) is 11.6 Å². The van der Waals surface area contributed by atoms with Crippen LogP contribution >= 0.6 is 11.6 Å². The van der Waals surface area contributed by atoms with Gasteiger partial charge in [-0.15, -0.1) is 0 Å². The quantitative estimate of drug-likeness (QED) is 0.860. The highest BCUT2D eigenvalue weighted by Crippen LogP contribution is 2.33. The van der Waals surface area contributed by atoms with Gasteiger partial charge in [0.2, 0.25) is 0 Å². The second kappa shape index (κ2) is 7.04. The molecule has 2 unspecified atom stereocenters. The average molecular weight is 354 g/mol. The van der Waals surface area contributed by atoms with Gasteiger partial charge in [-0.05, 0) is 30.7 Å². The number of aryl methyl sites for hydroxylation is 1. The van der Waals surface area contributed by atoms with Gasteiger partial charge in [0, 0.05) is 19.6 Å². The first-order valence-electron chi connectivity index (χ1n) is 8.04. The molecule has 1 saturated heterocycles. The summed E-state index contributed by atoms with van der Waals surface area (Å²) in [6, 6.07) is 5.21. The first kappa shape index (κ1) is 17.1. The van der Waals surface area contributed by atoms with Crippen LogP contribution in [0.3, 0.4) is 0 Å². The van der Waals surface area contributed by atoms with Crippen molar-refractivity contribution in [2.45, 2.75) is 32.0 Å². The van der Waals surface area contributed by atoms with Crippen LogP contribution in [0.15, 0.2) is 23.0 Å². The highest BCUT2D eigenvalue weighted by Gasteiger charge is 2.34. The Bertz CT molecular complexity index is 774. The van der Waals surface area contributed by atoms with Gasteiger partial charge in [0.1, 0.15) is 11.6 Å². The molecule has 0 aliphatic carbocycles. The molecule has 2 atom stereocenters. The fourth-order valence-corrected chi connectivity index (χ4v) is 3.45. The zero-order valence-electron chi connectivity index (χ0n) is 13.7. The number of hydrogen-bond acceptors (Lipinski definition) is 4. The van der Waals surface area contributed by atoms with Gasteiger partial charge in [0.25, 0.3) is 0 Å². The summed E-state index contributed by atoms with van der Waals surface area (Å²) in [6.45, 7) is 4.37. The van der Waals surface area contributed by atoms with Crippen molar-refractivity contribution in [1.29, 1.82) is 0 Å². The number of aromatic nitrogens is 3. The van der Waals surface area contributed by atoms with Crippen LogP contribution in [0, 0.1) is 5.82 Å². The van der Waals surface area contributed by atoms with Crippen molar-refractivity contribution in [3.05, 3.63) is 50.9 Å². The van der Waals surface area contributed by atoms with E-state index in [-0.39, 0.29) is 22.8 Å². The molecule has 6 nitrogen and oxygen atoms in total. The Morgan fingerprint density at radius 3 is 2.92 bits per heavy atom. The molecule has 8 heteroatoms. The van der Waals surface area contributed by atoms with Crippen LogP contribution in [0.4, 0.5) is 4.39 Å². The zero-order chi connectivity index (χ0) is 17.3. The summed E-state index contributed by atoms with van der Waals surface area (Å²) in [4.78, 5) is 16.5. The third-order valence-corrected chi connectivity index (χ3v) is 4.85. The van der Waals surface area contributed by atoms with E-state index in [2.05, 4.69) is 27.2 Å². The van der Waals surface area contributed by atoms with Gasteiger partial charge in [-0.25, -0.2) is 13.9 Å². The third-order valence-electron chi connectivity index (χ3n) is 4.54. The summed E-state index contributed by atoms with van der Waals surface area (Å²) in [6.07, 6.45) is 0.944. The Hall–Kier alpha value is -1.70. The number of nitrogens with one attached hydrogen (secondary N) is 2. The van der Waals surface area contributed by atoms with Gasteiger partial charge in [0.15, 0.2) is 0 Å². The maximum Gasteiger partial charge on any atom is 0.343 e. The van der Waals surface area contributed by atoms with Crippen molar-refractivity contribution in [3.63, 3.8) is 0 Å². The number of rotatable bonds is 5. The number of likely N-dealkylation sites (N-methyl/N-ethyl adjacent to an activating group) is 1. The first-order valence-corrected chi connectivity index (χ1v) is 8.42. The fourth-order valence-electron chi connectivity index (χ4n) is 3.33. The van der Waals surface area contributed by atoms with Crippen LogP contribution in [0.2, 0.25) is 5.02 Å². The number of halogens is 2. The van der Waals surface area contributed by atoms with Crippen molar-refractivity contribution >= 4 is 11.6 Å². The minimum atomic E-state index is -0.398. The monoisotopic (exact) mass is 353 g/mol. The molecule has 0 radical (unpaired) electrons. The molecule has 130 valence electrons. The maximum absolute atomic E-state index is 13.9. The van der Waals surface area contributed by atoms with Crippen molar-refractivity contribution in [1.82, 2.24) is 25.0 Å². The Kier molecular flexibility index (Phi) is 5.03. The zero-order valence-corrected chi connectivity index (χ0v) is 14.5. The van der Waals surface area contributed by atoms with E-state index in [1.807, 2.05) is 6.07 Å². The van der Waals surface area contributed by atoms with E-state index >= 15 is 0 Å². The van der Waals surface area contributed by atoms with Crippen molar-refractivity contribution in [2.24, 2.45) is 7.05 Å². The molecule has 24 heavy (non-hydrogen) atoms. The first-order chi connectivity index (χ1) is 11.5. The summed E-state index contributed by atoms with van der Waals surface area (Å²) in [5, 5.41) is 7.71. The van der Waals surface area contributed by atoms with Gasteiger partial charge in [0.05, 0.1) is 17.6 Å². The lowest BCUT2D eigenvalue weighted by Crippen LogP contribution is -2.36. The minimum absolute atomic E-state index is 0.0669. The molecule has 0 bridgehead atoms. The minimum Gasteiger partial charge on any atom is -0.305 e. The Labute approximate surface area is 144 Å². The van der Waals surface area contributed by atoms with E-state index in [1.165, 1.54) is 10.7 Å². The van der Waals surface area contributed by atoms with E-state index in [9.17, 15) is 9.18 Å². The summed E-state index contributed by atoms with van der Waals surface area (Å²) < 4.78 is 15.1. The van der Waals surface area contributed by atoms with E-state index < -0.39 is 5.82 Å². The smallest absolute Gasteiger partial charge is 0.305 e. The van der Waals surface area contributed by atoms with Crippen LogP contribution < -0.4 is 11.0 Å². The molecule has 1 fully saturated rings. The lowest BCUT2D eigenvalue weighted by Gasteiger charge is -2.28. The molecule has 0 amide bonds. The molecular formula is C16H21ClFN5O. The highest BCUT2D eigenvalue weighted by atomic mass is 35.5. The van der Waals surface area contributed by atoms with Crippen LogP contribution in [0.25, 0.3) is 0 Å². The number of benzene rings is 1. The third kappa shape index (κ3) is 3.38. The van der Waals surface area contributed by atoms with Crippen molar-refractivity contribution in [2.75, 3.05) is 13.1 Å². The van der Waals surface area contributed by atoms with Gasteiger partial charge < -0.3 is 5.32 Å². The molecule has 2 aromatic rings. The topological polar surface area (TPSA) is 66.0 Å². The molecular weight excluding hydrogens is 333 g/mol. The second-order valence-electron chi connectivity index (χ2n) is 6.02. The summed E-state index contributed by atoms with van der Waals surface area (Å²) in [7, 11) is 1.61. The number of hydrogen-bond donors (Lipinski definition) is 2. The summed E-state index contributed by atoms with van der Waals surface area (Å²) in [5.41, 5.74) is 0.674. The SMILES string of the molecule is CCN1CCC(NCc2nn(C)c(=O)[nH]2)C1c1ccc(Cl)c(F)c1. The molecule has 0 spiro atoms. The molecule has 1 aliphatic heterocycles. The number of aromatic amines is 1. The van der Waals surface area contributed by atoms with Crippen LogP contribution in [0.5, 0.6) is 0 Å². The molecule has 1 aromatic carbocycles. The predicted octanol–water partition coefficient (Wildman–Crippen LogP) is 1.83. The van der Waals surface area contributed by atoms with Gasteiger partial charge in [-0.2, -0.15) is 5.10 Å². The summed E-state index contributed by atoms with van der Waals surface area (Å²) >= 11 is 5.80. The average Bonchev–Trinajstić information content (AvgIpc) is 3.11. The Morgan fingerprint density at radius 1 is 1.50 bits per heavy atom. The second-order valence-corrected chi connectivity index (χ2v) is 6.43. The van der Waals surface area contributed by atoms with Crippen molar-refractivity contribution < 1.29 is 4.39 Å². The molecule has 1 aliphatic rings. The van der Waals surface area contributed by atoms with Gasteiger partial charge in [-0.3, -0.25) is 9.88 Å². The Balaban J connectivity index is 1.78. The number of likely N-dealkylation sites (tertiary alicyclic amines) is 1. The molecule has 1 aromatic heterocycles. The standard InChI is InChI=1S/C16H21ClFN5O/c1-3-23-7-6-13(19-9-14-20-16(24)22(2)21-14)15(23)10-4-5-11(17)12(18)8-10/h4-5,8,13,15,19H,3,6-7,9H2,1-2H3,(H,20,21,24). The van der Waals surface area contributed by atoms with E-state index in [0.29, 0.717) is 12.4 Å². The normalized spacial score (nSPS) is 21.5. The van der Waals surface area contributed by atoms with Crippen LogP contribution in [0.1, 0.15) is 30.8 Å². The summed E-state index contributed by atoms with van der Waals surface area (Å²) in [5.74, 6) is 0.198. The molecule has 3 rings (SSSR count). The highest BCUT2D eigenvalue weighted by molar-refractivity contribution is 6.30. The molecule has 0 saturated carbocycles. The molecule has 2 N–H and O–H groups in total. The lowest BCUT2D eigenvalue weighted by molar-refractivity contribution is 0.247. The molecule has 2 heterocycles. The van der Waals surface area contributed by atoms with Crippen molar-refractivity contribution in [3.8, 4) is 0 Å². The largest absolute Gasteiger partial charge is 0.343 e. The Morgan fingerprint density at radius 2 is 2.29 bits per heavy atom.